The van der Waals surface area contributed by atoms with Crippen molar-refractivity contribution in [3.8, 4) is 0 Å². The number of pyridine rings is 1. The number of hydrogen-bond donors (Lipinski definition) is 3. The van der Waals surface area contributed by atoms with Crippen LogP contribution in [0.2, 0.25) is 5.02 Å². The second-order valence-corrected chi connectivity index (χ2v) is 8.96. The zero-order valence-electron chi connectivity index (χ0n) is 19.2. The second-order valence-electron chi connectivity index (χ2n) is 8.53. The number of carbonyl (C=O) groups excluding carboxylic acids is 3. The summed E-state index contributed by atoms with van der Waals surface area (Å²) in [6.07, 6.45) is 2.01. The fraction of sp³-hybridized carbons (Fsp3) is 0.478. The van der Waals surface area contributed by atoms with E-state index in [0.717, 1.165) is 29.4 Å². The molecule has 0 radical (unpaired) electrons. The number of nitrogens with one attached hydrogen (secondary N) is 2. The zero-order chi connectivity index (χ0) is 24.2. The van der Waals surface area contributed by atoms with E-state index in [9.17, 15) is 14.4 Å². The molecule has 2 aliphatic rings. The number of urea groups is 2. The Morgan fingerprint density at radius 1 is 1.12 bits per heavy atom. The Morgan fingerprint density at radius 3 is 2.62 bits per heavy atom. The number of imide groups is 1. The average molecular weight is 488 g/mol. The van der Waals surface area contributed by atoms with E-state index in [0.29, 0.717) is 56.5 Å². The van der Waals surface area contributed by atoms with Gasteiger partial charge >= 0.3 is 12.1 Å². The molecule has 0 aliphatic carbocycles. The number of rotatable bonds is 3. The minimum absolute atomic E-state index is 0.290. The van der Waals surface area contributed by atoms with Gasteiger partial charge in [-0.3, -0.25) is 9.69 Å². The molecule has 1 aromatic carbocycles. The second kappa shape index (κ2) is 10.3. The molecule has 2 aromatic rings. The molecule has 2 aliphatic heterocycles. The van der Waals surface area contributed by atoms with Crippen LogP contribution in [-0.4, -0.2) is 78.1 Å². The largest absolute Gasteiger partial charge is 0.384 e. The van der Waals surface area contributed by atoms with Crippen LogP contribution in [0.4, 0.5) is 21.1 Å². The third-order valence-electron chi connectivity index (χ3n) is 6.24. The molecule has 10 nitrogen and oxygen atoms in total. The number of aromatic nitrogens is 1. The van der Waals surface area contributed by atoms with E-state index in [1.54, 1.807) is 17.9 Å². The number of carbonyl (C=O) groups is 3. The third kappa shape index (κ3) is 5.11. The molecule has 2 saturated heterocycles. The smallest absolute Gasteiger partial charge is 0.324 e. The number of amides is 5. The number of nitrogens with two attached hydrogens (primary N) is 1. The van der Waals surface area contributed by atoms with Gasteiger partial charge in [-0.15, -0.1) is 0 Å². The van der Waals surface area contributed by atoms with Crippen molar-refractivity contribution in [3.63, 3.8) is 0 Å². The van der Waals surface area contributed by atoms with Crippen molar-refractivity contribution in [2.24, 2.45) is 0 Å². The molecule has 182 valence electrons. The summed E-state index contributed by atoms with van der Waals surface area (Å²) in [5, 5.41) is 7.07. The van der Waals surface area contributed by atoms with Crippen LogP contribution in [0.5, 0.6) is 0 Å². The van der Waals surface area contributed by atoms with Gasteiger partial charge in [-0.1, -0.05) is 11.6 Å². The Bertz CT molecular complexity index is 1080. The van der Waals surface area contributed by atoms with Gasteiger partial charge in [0.05, 0.1) is 5.52 Å². The van der Waals surface area contributed by atoms with Gasteiger partial charge in [0.15, 0.2) is 0 Å². The van der Waals surface area contributed by atoms with E-state index in [4.69, 9.17) is 17.3 Å². The van der Waals surface area contributed by atoms with E-state index < -0.39 is 12.1 Å². The number of anilines is 2. The Hall–Kier alpha value is -3.27. The Morgan fingerprint density at radius 2 is 1.88 bits per heavy atom. The number of benzene rings is 1. The summed E-state index contributed by atoms with van der Waals surface area (Å²) >= 11 is 6.11. The van der Waals surface area contributed by atoms with Crippen molar-refractivity contribution < 1.29 is 14.4 Å². The van der Waals surface area contributed by atoms with Crippen LogP contribution in [0.15, 0.2) is 24.3 Å². The van der Waals surface area contributed by atoms with Gasteiger partial charge in [-0.05, 0) is 44.4 Å². The lowest BCUT2D eigenvalue weighted by Crippen LogP contribution is -2.57. The first kappa shape index (κ1) is 23.9. The lowest BCUT2D eigenvalue weighted by Gasteiger charge is -2.37. The van der Waals surface area contributed by atoms with Gasteiger partial charge in [0.2, 0.25) is 0 Å². The Labute approximate surface area is 203 Å². The molecular weight excluding hydrogens is 458 g/mol. The minimum atomic E-state index is -0.704. The molecule has 3 heterocycles. The lowest BCUT2D eigenvalue weighted by molar-refractivity contribution is -0.129. The minimum Gasteiger partial charge on any atom is -0.384 e. The summed E-state index contributed by atoms with van der Waals surface area (Å²) in [6.45, 7) is 4.81. The standard InChI is InChI=1S/C23H30ClN7O3/c1-2-26-22(33)31-8-4-3-5-17(21(31)32)28-23(34)30-11-9-29(10-12-30)19-14-20(25)27-18-13-15(24)6-7-16(18)19/h6-7,13-14,17H,2-5,8-12H2,1H3,(H2,25,27)(H,26,33)(H,28,34). The summed E-state index contributed by atoms with van der Waals surface area (Å²) in [4.78, 5) is 47.6. The molecular formula is C23H30ClN7O3. The van der Waals surface area contributed by atoms with Crippen LogP contribution in [-0.2, 0) is 4.79 Å². The zero-order valence-corrected chi connectivity index (χ0v) is 20.0. The quantitative estimate of drug-likeness (QED) is 0.610. The molecule has 1 atom stereocenters. The molecule has 4 rings (SSSR count). The number of fused-ring (bicyclic) bond motifs is 1. The van der Waals surface area contributed by atoms with Crippen molar-refractivity contribution >= 4 is 52.0 Å². The molecule has 34 heavy (non-hydrogen) atoms. The van der Waals surface area contributed by atoms with Gasteiger partial charge < -0.3 is 26.2 Å². The summed E-state index contributed by atoms with van der Waals surface area (Å²) in [5.41, 5.74) is 7.70. The molecule has 1 unspecified atom stereocenters. The number of nitrogens with zero attached hydrogens (tertiary/aromatic N) is 4. The summed E-state index contributed by atoms with van der Waals surface area (Å²) in [6, 6.07) is 5.97. The predicted molar refractivity (Wildman–Crippen MR) is 132 cm³/mol. The van der Waals surface area contributed by atoms with Gasteiger partial charge in [-0.25, -0.2) is 14.6 Å². The molecule has 11 heteroatoms. The monoisotopic (exact) mass is 487 g/mol. The predicted octanol–water partition coefficient (Wildman–Crippen LogP) is 2.41. The van der Waals surface area contributed by atoms with Crippen molar-refractivity contribution in [2.45, 2.75) is 32.2 Å². The Kier molecular flexibility index (Phi) is 7.26. The van der Waals surface area contributed by atoms with E-state index >= 15 is 0 Å². The normalized spacial score (nSPS) is 19.2. The van der Waals surface area contributed by atoms with Gasteiger partial charge in [0.1, 0.15) is 11.9 Å². The van der Waals surface area contributed by atoms with Gasteiger partial charge in [0, 0.05) is 61.4 Å². The van der Waals surface area contributed by atoms with Crippen LogP contribution in [0.1, 0.15) is 26.2 Å². The molecule has 0 spiro atoms. The van der Waals surface area contributed by atoms with Crippen molar-refractivity contribution in [3.05, 3.63) is 29.3 Å². The Balaban J connectivity index is 1.40. The van der Waals surface area contributed by atoms with E-state index in [-0.39, 0.29) is 11.9 Å². The first-order valence-electron chi connectivity index (χ1n) is 11.6. The number of likely N-dealkylation sites (tertiary alicyclic amines) is 1. The highest BCUT2D eigenvalue weighted by Gasteiger charge is 2.33. The molecule has 2 fully saturated rings. The lowest BCUT2D eigenvalue weighted by atomic mass is 10.1. The molecule has 5 amide bonds. The number of piperazine rings is 1. The summed E-state index contributed by atoms with van der Waals surface area (Å²) in [7, 11) is 0. The molecule has 1 aromatic heterocycles. The third-order valence-corrected chi connectivity index (χ3v) is 6.47. The van der Waals surface area contributed by atoms with Crippen LogP contribution in [0.25, 0.3) is 10.9 Å². The first-order valence-corrected chi connectivity index (χ1v) is 12.0. The van der Waals surface area contributed by atoms with E-state index in [1.165, 1.54) is 4.90 Å². The maximum atomic E-state index is 13.0. The number of hydrogen-bond acceptors (Lipinski definition) is 6. The summed E-state index contributed by atoms with van der Waals surface area (Å²) < 4.78 is 0. The van der Waals surface area contributed by atoms with E-state index in [1.807, 2.05) is 18.2 Å². The maximum absolute atomic E-state index is 13.0. The fourth-order valence-corrected chi connectivity index (χ4v) is 4.64. The number of nitrogen functional groups attached to an aromatic ring is 1. The van der Waals surface area contributed by atoms with Crippen molar-refractivity contribution in [1.82, 2.24) is 25.4 Å². The molecule has 4 N–H and O–H groups in total. The molecule has 0 bridgehead atoms. The topological polar surface area (TPSA) is 124 Å². The maximum Gasteiger partial charge on any atom is 0.324 e. The highest BCUT2D eigenvalue weighted by Crippen LogP contribution is 2.30. The van der Waals surface area contributed by atoms with Gasteiger partial charge in [-0.2, -0.15) is 0 Å². The first-order chi connectivity index (χ1) is 16.4. The number of halogens is 1. The average Bonchev–Trinajstić information content (AvgIpc) is 3.00. The highest BCUT2D eigenvalue weighted by atomic mass is 35.5. The molecule has 0 saturated carbocycles. The fourth-order valence-electron chi connectivity index (χ4n) is 4.48. The van der Waals surface area contributed by atoms with Crippen molar-refractivity contribution in [1.29, 1.82) is 0 Å². The van der Waals surface area contributed by atoms with Gasteiger partial charge in [0.25, 0.3) is 5.91 Å². The van der Waals surface area contributed by atoms with Crippen LogP contribution >= 0.6 is 11.6 Å². The summed E-state index contributed by atoms with van der Waals surface area (Å²) in [5.74, 6) is 0.0568. The van der Waals surface area contributed by atoms with E-state index in [2.05, 4.69) is 20.5 Å². The van der Waals surface area contributed by atoms with Crippen molar-refractivity contribution in [2.75, 3.05) is 49.9 Å². The van der Waals surface area contributed by atoms with Crippen LogP contribution in [0.3, 0.4) is 0 Å². The van der Waals surface area contributed by atoms with Crippen LogP contribution < -0.4 is 21.3 Å². The highest BCUT2D eigenvalue weighted by molar-refractivity contribution is 6.31. The SMILES string of the molecule is CCNC(=O)N1CCCCC(NC(=O)N2CCN(c3cc(N)nc4cc(Cl)ccc34)CC2)C1=O. The van der Waals surface area contributed by atoms with Crippen LogP contribution in [0, 0.1) is 0 Å².